The molecule has 2 unspecified atom stereocenters. The van der Waals surface area contributed by atoms with Crippen LogP contribution in [0, 0.1) is 0 Å². The van der Waals surface area contributed by atoms with Gasteiger partial charge in [0, 0.05) is 12.8 Å². The topological polar surface area (TPSA) is 186 Å². The molecule has 0 aromatic rings. The van der Waals surface area contributed by atoms with Gasteiger partial charge in [-0.15, -0.1) is 0 Å². The van der Waals surface area contributed by atoms with E-state index in [2.05, 4.69) is 26.0 Å². The predicted octanol–water partition coefficient (Wildman–Crippen LogP) is 10.2. The molecule has 6 atom stereocenters. The van der Waals surface area contributed by atoms with Gasteiger partial charge in [0.2, 0.25) is 0 Å². The lowest BCUT2D eigenvalue weighted by atomic mass is 10.00. The van der Waals surface area contributed by atoms with Crippen LogP contribution in [0.2, 0.25) is 0 Å². The van der Waals surface area contributed by atoms with E-state index in [0.717, 1.165) is 57.8 Å². The van der Waals surface area contributed by atoms with E-state index in [4.69, 9.17) is 18.9 Å². The second-order valence-corrected chi connectivity index (χ2v) is 18.6. The van der Waals surface area contributed by atoms with Gasteiger partial charge in [-0.05, 0) is 38.5 Å². The van der Waals surface area contributed by atoms with Gasteiger partial charge in [-0.2, -0.15) is 8.42 Å². The second kappa shape index (κ2) is 37.9. The average molecular weight is 877 g/mol. The van der Waals surface area contributed by atoms with E-state index in [1.54, 1.807) is 0 Å². The van der Waals surface area contributed by atoms with Crippen LogP contribution >= 0.6 is 0 Å². The second-order valence-electron chi connectivity index (χ2n) is 17.1. The van der Waals surface area contributed by atoms with E-state index < -0.39 is 71.2 Å². The molecule has 0 saturated carbocycles. The van der Waals surface area contributed by atoms with Crippen molar-refractivity contribution >= 4 is 22.1 Å². The van der Waals surface area contributed by atoms with Gasteiger partial charge in [-0.3, -0.25) is 14.1 Å². The number of ether oxygens (including phenoxy) is 4. The molecule has 0 aliphatic carbocycles. The lowest BCUT2D eigenvalue weighted by molar-refractivity contribution is -0.297. The highest BCUT2D eigenvalue weighted by Gasteiger charge is 2.46. The van der Waals surface area contributed by atoms with Crippen LogP contribution < -0.4 is 0 Å². The summed E-state index contributed by atoms with van der Waals surface area (Å²) in [5.74, 6) is -1.98. The minimum absolute atomic E-state index is 0.169. The first-order valence-corrected chi connectivity index (χ1v) is 25.9. The van der Waals surface area contributed by atoms with Crippen LogP contribution in [0.25, 0.3) is 0 Å². The monoisotopic (exact) mass is 877 g/mol. The zero-order valence-electron chi connectivity index (χ0n) is 37.8. The fourth-order valence-electron chi connectivity index (χ4n) is 7.56. The van der Waals surface area contributed by atoms with Crippen LogP contribution in [0.3, 0.4) is 0 Å². The molecule has 1 aliphatic heterocycles. The van der Waals surface area contributed by atoms with Crippen LogP contribution in [-0.2, 0) is 38.7 Å². The van der Waals surface area contributed by atoms with Crippen molar-refractivity contribution in [3.8, 4) is 0 Å². The summed E-state index contributed by atoms with van der Waals surface area (Å²) in [6, 6.07) is 0. The highest BCUT2D eigenvalue weighted by molar-refractivity contribution is 7.85. The van der Waals surface area contributed by atoms with Crippen LogP contribution in [0.15, 0.2) is 12.2 Å². The molecule has 0 aromatic heterocycles. The maximum Gasteiger partial charge on any atom is 0.306 e. The van der Waals surface area contributed by atoms with Gasteiger partial charge < -0.3 is 34.3 Å². The molecule has 0 radical (unpaired) electrons. The Hall–Kier alpha value is -1.61. The first-order valence-electron chi connectivity index (χ1n) is 24.2. The molecule has 1 rings (SSSR count). The quantitative estimate of drug-likeness (QED) is 0.0197. The normalized spacial score (nSPS) is 20.1. The van der Waals surface area contributed by atoms with Gasteiger partial charge in [-0.25, -0.2) is 0 Å². The minimum Gasteiger partial charge on any atom is -0.462 e. The lowest BCUT2D eigenvalue weighted by Crippen LogP contribution is -2.60. The number of aliphatic hydroxyl groups is 3. The summed E-state index contributed by atoms with van der Waals surface area (Å²) in [5.41, 5.74) is 0. The Morgan fingerprint density at radius 3 is 1.42 bits per heavy atom. The third kappa shape index (κ3) is 32.1. The first kappa shape index (κ1) is 56.4. The van der Waals surface area contributed by atoms with Gasteiger partial charge >= 0.3 is 11.9 Å². The molecule has 0 aromatic carbocycles. The van der Waals surface area contributed by atoms with E-state index in [-0.39, 0.29) is 19.4 Å². The van der Waals surface area contributed by atoms with Crippen molar-refractivity contribution in [3.63, 3.8) is 0 Å². The molecule has 0 amide bonds. The van der Waals surface area contributed by atoms with E-state index in [1.807, 2.05) is 0 Å². The van der Waals surface area contributed by atoms with Crippen molar-refractivity contribution in [2.24, 2.45) is 0 Å². The smallest absolute Gasteiger partial charge is 0.306 e. The molecule has 1 aliphatic rings. The number of rotatable bonds is 41. The number of esters is 2. The number of hydrogen-bond donors (Lipinski definition) is 4. The van der Waals surface area contributed by atoms with Gasteiger partial charge in [0.25, 0.3) is 10.1 Å². The molecule has 354 valence electrons. The number of hydrogen-bond acceptors (Lipinski definition) is 11. The van der Waals surface area contributed by atoms with Crippen LogP contribution in [0.1, 0.15) is 219 Å². The Balaban J connectivity index is 2.37. The molecular formula is C47H88O12S. The summed E-state index contributed by atoms with van der Waals surface area (Å²) < 4.78 is 54.1. The fourth-order valence-corrected chi connectivity index (χ4v) is 8.25. The zero-order chi connectivity index (χ0) is 44.1. The Morgan fingerprint density at radius 1 is 0.550 bits per heavy atom. The molecule has 1 heterocycles. The van der Waals surface area contributed by atoms with Crippen molar-refractivity contribution in [1.29, 1.82) is 0 Å². The number of allylic oxidation sites excluding steroid dienone is 2. The van der Waals surface area contributed by atoms with Gasteiger partial charge in [0.15, 0.2) is 12.4 Å². The highest BCUT2D eigenvalue weighted by Crippen LogP contribution is 2.24. The third-order valence-corrected chi connectivity index (χ3v) is 12.1. The SMILES string of the molecule is CCCCC/C=C/CCCCCCCC(=O)OC[C@H](CO[C@H]1O[C@H](CS(=O)(=O)O)[C@@H](O)C(O)C1O)OC(=O)CCCCCCCCCCCCCCCCCCCCCC. The van der Waals surface area contributed by atoms with Gasteiger partial charge in [0.05, 0.1) is 6.61 Å². The first-order chi connectivity index (χ1) is 29.0. The van der Waals surface area contributed by atoms with Crippen LogP contribution in [-0.4, -0.2) is 96.0 Å². The molecule has 1 saturated heterocycles. The van der Waals surface area contributed by atoms with Crippen LogP contribution in [0.5, 0.6) is 0 Å². The Kier molecular flexibility index (Phi) is 35.6. The Morgan fingerprint density at radius 2 is 0.950 bits per heavy atom. The molecular weight excluding hydrogens is 789 g/mol. The molecule has 1 fully saturated rings. The predicted molar refractivity (Wildman–Crippen MR) is 238 cm³/mol. The number of carbonyl (C=O) groups is 2. The summed E-state index contributed by atoms with van der Waals surface area (Å²) in [6.45, 7) is 3.75. The van der Waals surface area contributed by atoms with E-state index in [9.17, 15) is 37.9 Å². The summed E-state index contributed by atoms with van der Waals surface area (Å²) in [4.78, 5) is 25.4. The Bertz CT molecular complexity index is 1170. The summed E-state index contributed by atoms with van der Waals surface area (Å²) >= 11 is 0. The summed E-state index contributed by atoms with van der Waals surface area (Å²) in [6.07, 6.45) is 31.2. The van der Waals surface area contributed by atoms with Crippen molar-refractivity contribution in [3.05, 3.63) is 12.2 Å². The number of unbranched alkanes of at least 4 members (excludes halogenated alkanes) is 27. The average Bonchev–Trinajstić information content (AvgIpc) is 3.21. The van der Waals surface area contributed by atoms with E-state index in [0.29, 0.717) is 12.8 Å². The fraction of sp³-hybridized carbons (Fsp3) is 0.915. The van der Waals surface area contributed by atoms with E-state index in [1.165, 1.54) is 122 Å². The maximum atomic E-state index is 12.8. The molecule has 60 heavy (non-hydrogen) atoms. The molecule has 0 bridgehead atoms. The molecule has 4 N–H and O–H groups in total. The third-order valence-electron chi connectivity index (χ3n) is 11.3. The van der Waals surface area contributed by atoms with E-state index >= 15 is 0 Å². The zero-order valence-corrected chi connectivity index (χ0v) is 38.6. The van der Waals surface area contributed by atoms with Crippen LogP contribution in [0.4, 0.5) is 0 Å². The Labute approximate surface area is 365 Å². The highest BCUT2D eigenvalue weighted by atomic mass is 32.2. The number of carbonyl (C=O) groups excluding carboxylic acids is 2. The van der Waals surface area contributed by atoms with Gasteiger partial charge in [-0.1, -0.05) is 180 Å². The van der Waals surface area contributed by atoms with Crippen molar-refractivity contribution in [1.82, 2.24) is 0 Å². The summed E-state index contributed by atoms with van der Waals surface area (Å²) in [7, 11) is -4.60. The molecule has 0 spiro atoms. The van der Waals surface area contributed by atoms with Gasteiger partial charge in [0.1, 0.15) is 36.8 Å². The number of aliphatic hydroxyl groups excluding tert-OH is 3. The summed E-state index contributed by atoms with van der Waals surface area (Å²) in [5, 5.41) is 30.9. The van der Waals surface area contributed by atoms with Crippen molar-refractivity contribution < 1.29 is 56.8 Å². The standard InChI is InChI=1S/C47H88O12S/c1-3-5-7-9-11-13-15-17-18-19-20-21-22-23-24-26-28-30-32-34-36-43(49)58-40(38-57-47-46(52)45(51)44(50)41(59-47)39-60(53,54)55)37-56-42(48)35-33-31-29-27-25-16-14-12-10-8-6-4-2/h12,14,40-41,44-47,50-52H,3-11,13,15-39H2,1-2H3,(H,53,54,55)/b14-12+/t40-,41-,44-,45?,46?,47+/m1/s1. The maximum absolute atomic E-state index is 12.8. The van der Waals surface area contributed by atoms with Crippen molar-refractivity contribution in [2.75, 3.05) is 19.0 Å². The molecule has 13 heteroatoms. The lowest BCUT2D eigenvalue weighted by Gasteiger charge is -2.40. The minimum atomic E-state index is -4.60. The molecule has 12 nitrogen and oxygen atoms in total. The largest absolute Gasteiger partial charge is 0.462 e. The van der Waals surface area contributed by atoms with Crippen molar-refractivity contribution in [2.45, 2.75) is 256 Å².